The number of amides is 1. The average Bonchev–Trinajstić information content (AvgIpc) is 3.13. The molecule has 4 nitrogen and oxygen atoms in total. The molecule has 1 heterocycles. The summed E-state index contributed by atoms with van der Waals surface area (Å²) in [4.78, 5) is 16.4. The molecule has 1 aliphatic heterocycles. The smallest absolute Gasteiger partial charge is 0.222 e. The summed E-state index contributed by atoms with van der Waals surface area (Å²) in [5.74, 6) is 2.50. The Balaban J connectivity index is 1.25. The fourth-order valence-corrected chi connectivity index (χ4v) is 4.89. The molecule has 2 fully saturated rings. The molecule has 0 bridgehead atoms. The minimum absolute atomic E-state index is 0.317. The average molecular weight is 393 g/mol. The standard InChI is InChI=1S/C25H32N2O2/c1-26(23-14-21-16-25(28)27(2)18-22(21)15-23)17-20-8-10-24(11-9-20)29-13-12-19-6-4-3-5-7-19/h3-11,21-23H,12-18H2,1-2H3/t21-,22+,23-/m1/s1. The van der Waals surface area contributed by atoms with Crippen molar-refractivity contribution in [1.82, 2.24) is 9.80 Å². The second kappa shape index (κ2) is 9.00. The van der Waals surface area contributed by atoms with Crippen molar-refractivity contribution in [2.45, 2.75) is 38.3 Å². The molecule has 1 aliphatic carbocycles. The monoisotopic (exact) mass is 392 g/mol. The van der Waals surface area contributed by atoms with Gasteiger partial charge in [-0.2, -0.15) is 0 Å². The Bertz CT molecular complexity index is 805. The minimum Gasteiger partial charge on any atom is -0.493 e. The molecule has 1 saturated heterocycles. The highest BCUT2D eigenvalue weighted by atomic mass is 16.5. The zero-order valence-corrected chi connectivity index (χ0v) is 17.6. The van der Waals surface area contributed by atoms with Crippen molar-refractivity contribution < 1.29 is 9.53 Å². The van der Waals surface area contributed by atoms with Crippen LogP contribution in [0.25, 0.3) is 0 Å². The van der Waals surface area contributed by atoms with E-state index < -0.39 is 0 Å². The number of hydrogen-bond donors (Lipinski definition) is 0. The van der Waals surface area contributed by atoms with Crippen LogP contribution in [0.4, 0.5) is 0 Å². The molecule has 0 aromatic heterocycles. The first-order valence-electron chi connectivity index (χ1n) is 10.8. The highest BCUT2D eigenvalue weighted by molar-refractivity contribution is 5.77. The summed E-state index contributed by atoms with van der Waals surface area (Å²) in [5, 5.41) is 0. The molecule has 2 aromatic carbocycles. The summed E-state index contributed by atoms with van der Waals surface area (Å²) in [6.45, 7) is 2.57. The SMILES string of the molecule is CN1C[C@@H]2C[C@H](N(C)Cc3ccc(OCCc4ccccc4)cc3)C[C@@H]2CC1=O. The fraction of sp³-hybridized carbons (Fsp3) is 0.480. The molecule has 2 aliphatic rings. The lowest BCUT2D eigenvalue weighted by Gasteiger charge is -2.31. The van der Waals surface area contributed by atoms with Gasteiger partial charge in [0.05, 0.1) is 6.61 Å². The Labute approximate surface area is 174 Å². The van der Waals surface area contributed by atoms with Crippen molar-refractivity contribution >= 4 is 5.91 Å². The molecule has 3 atom stereocenters. The van der Waals surface area contributed by atoms with E-state index in [1.165, 1.54) is 17.5 Å². The Morgan fingerprint density at radius 1 is 1.00 bits per heavy atom. The molecule has 0 radical (unpaired) electrons. The largest absolute Gasteiger partial charge is 0.493 e. The van der Waals surface area contributed by atoms with Crippen molar-refractivity contribution in [3.05, 3.63) is 65.7 Å². The van der Waals surface area contributed by atoms with Crippen LogP contribution < -0.4 is 4.74 Å². The van der Waals surface area contributed by atoms with Gasteiger partial charge in [0.1, 0.15) is 5.75 Å². The summed E-state index contributed by atoms with van der Waals surface area (Å²) < 4.78 is 5.90. The molecule has 1 saturated carbocycles. The van der Waals surface area contributed by atoms with E-state index in [4.69, 9.17) is 4.74 Å². The van der Waals surface area contributed by atoms with Gasteiger partial charge in [-0.05, 0) is 55.0 Å². The summed E-state index contributed by atoms with van der Waals surface area (Å²) in [6, 6.07) is 19.5. The Morgan fingerprint density at radius 3 is 2.48 bits per heavy atom. The maximum atomic E-state index is 12.0. The molecule has 29 heavy (non-hydrogen) atoms. The predicted octanol–water partition coefficient (Wildman–Crippen LogP) is 4.00. The highest BCUT2D eigenvalue weighted by Gasteiger charge is 2.41. The van der Waals surface area contributed by atoms with Gasteiger partial charge in [-0.3, -0.25) is 9.69 Å². The van der Waals surface area contributed by atoms with E-state index >= 15 is 0 Å². The predicted molar refractivity (Wildman–Crippen MR) is 116 cm³/mol. The van der Waals surface area contributed by atoms with Crippen LogP contribution in [0.15, 0.2) is 54.6 Å². The van der Waals surface area contributed by atoms with Crippen LogP contribution in [0.2, 0.25) is 0 Å². The van der Waals surface area contributed by atoms with E-state index in [2.05, 4.69) is 60.5 Å². The van der Waals surface area contributed by atoms with E-state index in [1.54, 1.807) is 0 Å². The van der Waals surface area contributed by atoms with E-state index in [-0.39, 0.29) is 0 Å². The van der Waals surface area contributed by atoms with Crippen LogP contribution in [0.1, 0.15) is 30.4 Å². The van der Waals surface area contributed by atoms with Gasteiger partial charge in [-0.25, -0.2) is 0 Å². The van der Waals surface area contributed by atoms with Crippen molar-refractivity contribution in [2.75, 3.05) is 27.2 Å². The molecule has 2 aromatic rings. The second-order valence-corrected chi connectivity index (χ2v) is 8.77. The van der Waals surface area contributed by atoms with Crippen LogP contribution in [0, 0.1) is 11.8 Å². The molecule has 0 unspecified atom stereocenters. The molecule has 4 rings (SSSR count). The lowest BCUT2D eigenvalue weighted by atomic mass is 9.88. The van der Waals surface area contributed by atoms with Gasteiger partial charge in [-0.1, -0.05) is 42.5 Å². The summed E-state index contributed by atoms with van der Waals surface area (Å²) in [5.41, 5.74) is 2.61. The second-order valence-electron chi connectivity index (χ2n) is 8.77. The number of nitrogens with zero attached hydrogens (tertiary/aromatic N) is 2. The number of fused-ring (bicyclic) bond motifs is 1. The molecule has 154 valence electrons. The van der Waals surface area contributed by atoms with Crippen LogP contribution in [0.3, 0.4) is 0 Å². The first-order chi connectivity index (χ1) is 14.1. The number of carbonyl (C=O) groups excluding carboxylic acids is 1. The maximum Gasteiger partial charge on any atom is 0.222 e. The quantitative estimate of drug-likeness (QED) is 0.714. The third-order valence-corrected chi connectivity index (χ3v) is 6.67. The Kier molecular flexibility index (Phi) is 6.19. The van der Waals surface area contributed by atoms with Crippen molar-refractivity contribution in [1.29, 1.82) is 0 Å². The van der Waals surface area contributed by atoms with Gasteiger partial charge in [0, 0.05) is 39.0 Å². The number of piperidine rings is 1. The van der Waals surface area contributed by atoms with Crippen LogP contribution in [-0.4, -0.2) is 49.0 Å². The lowest BCUT2D eigenvalue weighted by molar-refractivity contribution is -0.134. The highest BCUT2D eigenvalue weighted by Crippen LogP contribution is 2.40. The van der Waals surface area contributed by atoms with Crippen LogP contribution in [-0.2, 0) is 17.8 Å². The molecule has 0 spiro atoms. The number of benzene rings is 2. The van der Waals surface area contributed by atoms with Crippen molar-refractivity contribution in [3.63, 3.8) is 0 Å². The number of rotatable bonds is 7. The third-order valence-electron chi connectivity index (χ3n) is 6.67. The van der Waals surface area contributed by atoms with E-state index in [9.17, 15) is 4.79 Å². The number of hydrogen-bond acceptors (Lipinski definition) is 3. The van der Waals surface area contributed by atoms with Gasteiger partial charge in [0.2, 0.25) is 5.91 Å². The molecular formula is C25H32N2O2. The molecule has 4 heteroatoms. The number of ether oxygens (including phenoxy) is 1. The van der Waals surface area contributed by atoms with Gasteiger partial charge >= 0.3 is 0 Å². The molecular weight excluding hydrogens is 360 g/mol. The van der Waals surface area contributed by atoms with Gasteiger partial charge < -0.3 is 9.64 Å². The van der Waals surface area contributed by atoms with E-state index in [0.717, 1.165) is 38.1 Å². The van der Waals surface area contributed by atoms with Crippen molar-refractivity contribution in [2.24, 2.45) is 11.8 Å². The third kappa shape index (κ3) is 4.99. The lowest BCUT2D eigenvalue weighted by Crippen LogP contribution is -2.39. The Morgan fingerprint density at radius 2 is 1.72 bits per heavy atom. The number of likely N-dealkylation sites (tertiary alicyclic amines) is 1. The zero-order valence-electron chi connectivity index (χ0n) is 17.6. The molecule has 0 N–H and O–H groups in total. The van der Waals surface area contributed by atoms with Gasteiger partial charge in [-0.15, -0.1) is 0 Å². The van der Waals surface area contributed by atoms with Crippen molar-refractivity contribution in [3.8, 4) is 5.75 Å². The summed E-state index contributed by atoms with van der Waals surface area (Å²) in [7, 11) is 4.16. The van der Waals surface area contributed by atoms with E-state index in [0.29, 0.717) is 30.4 Å². The fourth-order valence-electron chi connectivity index (χ4n) is 4.89. The van der Waals surface area contributed by atoms with Crippen LogP contribution in [0.5, 0.6) is 5.75 Å². The van der Waals surface area contributed by atoms with Gasteiger partial charge in [0.25, 0.3) is 0 Å². The maximum absolute atomic E-state index is 12.0. The van der Waals surface area contributed by atoms with E-state index in [1.807, 2.05) is 18.0 Å². The first-order valence-corrected chi connectivity index (χ1v) is 10.8. The van der Waals surface area contributed by atoms with Crippen LogP contribution >= 0.6 is 0 Å². The summed E-state index contributed by atoms with van der Waals surface area (Å²) >= 11 is 0. The Hall–Kier alpha value is -2.33. The zero-order chi connectivity index (χ0) is 20.2. The molecule has 1 amide bonds. The summed E-state index contributed by atoms with van der Waals surface area (Å²) in [6.07, 6.45) is 4.02. The first kappa shape index (κ1) is 20.0. The normalized spacial score (nSPS) is 24.0. The topological polar surface area (TPSA) is 32.8 Å². The number of carbonyl (C=O) groups is 1. The minimum atomic E-state index is 0.317. The van der Waals surface area contributed by atoms with Gasteiger partial charge in [0.15, 0.2) is 0 Å².